The van der Waals surface area contributed by atoms with Crippen molar-refractivity contribution in [1.29, 1.82) is 0 Å². The summed E-state index contributed by atoms with van der Waals surface area (Å²) in [5.74, 6) is 0.954. The van der Waals surface area contributed by atoms with Crippen LogP contribution in [0.2, 0.25) is 0 Å². The number of fused-ring (bicyclic) bond motifs is 3. The molecular weight excluding hydrogens is 192 g/mol. The minimum atomic E-state index is -0.0526. The van der Waals surface area contributed by atoms with Crippen LogP contribution in [0.3, 0.4) is 0 Å². The van der Waals surface area contributed by atoms with Gasteiger partial charge in [0.05, 0.1) is 13.2 Å². The highest BCUT2D eigenvalue weighted by Gasteiger charge is 2.50. The molecule has 0 N–H and O–H groups in total. The average molecular weight is 206 g/mol. The lowest BCUT2D eigenvalue weighted by molar-refractivity contribution is -0.00514. The molecule has 2 aliphatic rings. The second-order valence-electron chi connectivity index (χ2n) is 4.12. The van der Waals surface area contributed by atoms with Crippen LogP contribution in [0.1, 0.15) is 35.8 Å². The average Bonchev–Trinajstić information content (AvgIpc) is 2.96. The summed E-state index contributed by atoms with van der Waals surface area (Å²) in [6.07, 6.45) is 0.132. The number of epoxide rings is 1. The van der Waals surface area contributed by atoms with Crippen LogP contribution >= 0.6 is 0 Å². The van der Waals surface area contributed by atoms with Gasteiger partial charge in [-0.3, -0.25) is 0 Å². The van der Waals surface area contributed by atoms with E-state index in [9.17, 15) is 0 Å². The van der Waals surface area contributed by atoms with Crippen LogP contribution in [-0.4, -0.2) is 13.4 Å². The summed E-state index contributed by atoms with van der Waals surface area (Å²) in [6, 6.07) is 4.18. The molecule has 0 radical (unpaired) electrons. The number of aryl methyl sites for hydroxylation is 1. The van der Waals surface area contributed by atoms with Crippen LogP contribution < -0.4 is 4.74 Å². The molecule has 3 atom stereocenters. The van der Waals surface area contributed by atoms with Crippen molar-refractivity contribution in [2.24, 2.45) is 0 Å². The molecule has 80 valence electrons. The monoisotopic (exact) mass is 206 g/mol. The molecule has 1 aromatic rings. The molecule has 3 heteroatoms. The van der Waals surface area contributed by atoms with Crippen molar-refractivity contribution in [2.75, 3.05) is 7.11 Å². The van der Waals surface area contributed by atoms with Crippen molar-refractivity contribution in [3.8, 4) is 5.75 Å². The normalized spacial score (nSPS) is 31.8. The lowest BCUT2D eigenvalue weighted by Gasteiger charge is -2.22. The van der Waals surface area contributed by atoms with Gasteiger partial charge in [-0.25, -0.2) is 0 Å². The number of benzene rings is 1. The largest absolute Gasteiger partial charge is 0.496 e. The lowest BCUT2D eigenvalue weighted by Crippen LogP contribution is -2.13. The molecule has 2 heterocycles. The van der Waals surface area contributed by atoms with E-state index in [0.717, 1.165) is 11.3 Å². The van der Waals surface area contributed by atoms with Crippen molar-refractivity contribution in [2.45, 2.75) is 32.3 Å². The van der Waals surface area contributed by atoms with Crippen LogP contribution in [0, 0.1) is 6.92 Å². The molecule has 0 aliphatic carbocycles. The predicted molar refractivity (Wildman–Crippen MR) is 54.8 cm³/mol. The molecule has 1 fully saturated rings. The Morgan fingerprint density at radius 1 is 1.27 bits per heavy atom. The van der Waals surface area contributed by atoms with Gasteiger partial charge in [-0.15, -0.1) is 0 Å². The van der Waals surface area contributed by atoms with Crippen LogP contribution in [0.5, 0.6) is 5.75 Å². The van der Waals surface area contributed by atoms with Crippen LogP contribution in [0.4, 0.5) is 0 Å². The van der Waals surface area contributed by atoms with E-state index in [2.05, 4.69) is 19.1 Å². The topological polar surface area (TPSA) is 31.0 Å². The Hall–Kier alpha value is -1.06. The van der Waals surface area contributed by atoms with Gasteiger partial charge >= 0.3 is 0 Å². The summed E-state index contributed by atoms with van der Waals surface area (Å²) >= 11 is 0. The van der Waals surface area contributed by atoms with Gasteiger partial charge in [0, 0.05) is 5.56 Å². The molecule has 1 saturated heterocycles. The molecule has 0 spiro atoms. The first-order chi connectivity index (χ1) is 7.22. The quantitative estimate of drug-likeness (QED) is 0.661. The first-order valence-electron chi connectivity index (χ1n) is 5.20. The molecule has 0 bridgehead atoms. The van der Waals surface area contributed by atoms with Crippen LogP contribution in [-0.2, 0) is 9.47 Å². The fraction of sp³-hybridized carbons (Fsp3) is 0.500. The van der Waals surface area contributed by atoms with Gasteiger partial charge in [0.2, 0.25) is 0 Å². The fourth-order valence-electron chi connectivity index (χ4n) is 2.32. The molecule has 3 unspecified atom stereocenters. The van der Waals surface area contributed by atoms with Gasteiger partial charge in [0.15, 0.2) is 6.29 Å². The third-order valence-electron chi connectivity index (χ3n) is 3.14. The summed E-state index contributed by atoms with van der Waals surface area (Å²) in [5.41, 5.74) is 3.53. The van der Waals surface area contributed by atoms with Gasteiger partial charge < -0.3 is 14.2 Å². The maximum absolute atomic E-state index is 5.65. The van der Waals surface area contributed by atoms with E-state index in [1.54, 1.807) is 7.11 Å². The minimum Gasteiger partial charge on any atom is -0.496 e. The van der Waals surface area contributed by atoms with Crippen molar-refractivity contribution < 1.29 is 14.2 Å². The van der Waals surface area contributed by atoms with E-state index in [-0.39, 0.29) is 18.5 Å². The Morgan fingerprint density at radius 3 is 2.80 bits per heavy atom. The van der Waals surface area contributed by atoms with E-state index in [1.165, 1.54) is 11.1 Å². The Bertz CT molecular complexity index is 414. The molecule has 0 aromatic heterocycles. The summed E-state index contributed by atoms with van der Waals surface area (Å²) in [4.78, 5) is 0. The number of methoxy groups -OCH3 is 1. The highest BCUT2D eigenvalue weighted by molar-refractivity contribution is 5.50. The summed E-state index contributed by atoms with van der Waals surface area (Å²) in [6.45, 7) is 4.10. The molecule has 2 aliphatic heterocycles. The van der Waals surface area contributed by atoms with Gasteiger partial charge in [0.25, 0.3) is 0 Å². The molecule has 0 amide bonds. The zero-order chi connectivity index (χ0) is 10.6. The highest BCUT2D eigenvalue weighted by Crippen LogP contribution is 2.53. The van der Waals surface area contributed by atoms with Gasteiger partial charge in [-0.1, -0.05) is 12.1 Å². The van der Waals surface area contributed by atoms with Crippen LogP contribution in [0.15, 0.2) is 12.1 Å². The van der Waals surface area contributed by atoms with Crippen molar-refractivity contribution in [1.82, 2.24) is 0 Å². The molecular formula is C12H14O3. The number of hydrogen-bond acceptors (Lipinski definition) is 3. The highest BCUT2D eigenvalue weighted by atomic mass is 16.8. The van der Waals surface area contributed by atoms with Crippen molar-refractivity contribution in [3.63, 3.8) is 0 Å². The third-order valence-corrected chi connectivity index (χ3v) is 3.14. The third kappa shape index (κ3) is 1.20. The molecule has 0 saturated carbocycles. The summed E-state index contributed by atoms with van der Waals surface area (Å²) in [5, 5.41) is 0. The Morgan fingerprint density at radius 2 is 2.07 bits per heavy atom. The Labute approximate surface area is 89.0 Å². The zero-order valence-corrected chi connectivity index (χ0v) is 9.11. The summed E-state index contributed by atoms with van der Waals surface area (Å²) < 4.78 is 16.6. The van der Waals surface area contributed by atoms with Gasteiger partial charge in [0.1, 0.15) is 11.9 Å². The second kappa shape index (κ2) is 2.97. The standard InChI is InChI=1S/C12H14O3/c1-6-4-5-8-7(2)14-12-11(15-12)9(8)10(6)13-3/h4-5,7,11-12H,1-3H3. The first-order valence-corrected chi connectivity index (χ1v) is 5.20. The van der Waals surface area contributed by atoms with Crippen molar-refractivity contribution >= 4 is 0 Å². The minimum absolute atomic E-state index is 0.0526. The van der Waals surface area contributed by atoms with E-state index < -0.39 is 0 Å². The Balaban J connectivity index is 2.20. The smallest absolute Gasteiger partial charge is 0.189 e. The first kappa shape index (κ1) is 9.19. The van der Waals surface area contributed by atoms with E-state index in [0.29, 0.717) is 0 Å². The Kier molecular flexibility index (Phi) is 1.82. The number of ether oxygens (including phenoxy) is 3. The SMILES string of the molecule is COc1c(C)ccc2c1C1OC1OC2C. The maximum atomic E-state index is 5.65. The van der Waals surface area contributed by atoms with Gasteiger partial charge in [-0.2, -0.15) is 0 Å². The van der Waals surface area contributed by atoms with E-state index in [4.69, 9.17) is 14.2 Å². The van der Waals surface area contributed by atoms with E-state index >= 15 is 0 Å². The number of hydrogen-bond donors (Lipinski definition) is 0. The zero-order valence-electron chi connectivity index (χ0n) is 9.11. The fourth-order valence-corrected chi connectivity index (χ4v) is 2.32. The predicted octanol–water partition coefficient (Wildman–Crippen LogP) is 2.49. The molecule has 3 rings (SSSR count). The maximum Gasteiger partial charge on any atom is 0.189 e. The lowest BCUT2D eigenvalue weighted by atomic mass is 9.95. The molecule has 3 nitrogen and oxygen atoms in total. The van der Waals surface area contributed by atoms with Gasteiger partial charge in [-0.05, 0) is 25.0 Å². The van der Waals surface area contributed by atoms with E-state index in [1.807, 2.05) is 6.92 Å². The second-order valence-corrected chi connectivity index (χ2v) is 4.12. The number of rotatable bonds is 1. The molecule has 1 aromatic carbocycles. The molecule has 15 heavy (non-hydrogen) atoms. The van der Waals surface area contributed by atoms with Crippen molar-refractivity contribution in [3.05, 3.63) is 28.8 Å². The summed E-state index contributed by atoms with van der Waals surface area (Å²) in [7, 11) is 1.71. The van der Waals surface area contributed by atoms with Crippen LogP contribution in [0.25, 0.3) is 0 Å².